The van der Waals surface area contributed by atoms with Crippen LogP contribution in [0.4, 0.5) is 17.1 Å². The average Bonchev–Trinajstić information content (AvgIpc) is 3.59. The standard InChI is InChI=1S/C43H52Cl2N4/c1-11-47-36-19-17-31(44)27-34(36)42(6,7)38(47)21-15-29-13-14-30(40(29)49(41(3,4)5)33-23-25-46(10)26-24-33)16-22-39-43(8,9)35-28-32(45)18-20-37(35)48(39)12-2/h15-28H,11-14H2,1-10H3/q+2. The lowest BCUT2D eigenvalue weighted by Crippen LogP contribution is -2.35. The number of pyridine rings is 1. The highest BCUT2D eigenvalue weighted by Gasteiger charge is 2.42. The Labute approximate surface area is 304 Å². The van der Waals surface area contributed by atoms with Gasteiger partial charge in [-0.05, 0) is 86.4 Å². The Bertz CT molecular complexity index is 1840. The van der Waals surface area contributed by atoms with Gasteiger partial charge in [0.05, 0.1) is 12.1 Å². The molecule has 256 valence electrons. The first-order valence-corrected chi connectivity index (χ1v) is 18.5. The highest BCUT2D eigenvalue weighted by molar-refractivity contribution is 6.31. The SMILES string of the molecule is CCN1C(=CC=C2CC/C(=C\C=C3\N(CC)c4ccc(Cl)cc4C3(C)C)C2=[N+](c2cc[n+](C)cc2)C(C)(C)C)C(C)(C)c2cc(Cl)ccc21. The number of hydrogen-bond acceptors (Lipinski definition) is 2. The Morgan fingerprint density at radius 2 is 1.14 bits per heavy atom. The van der Waals surface area contributed by atoms with Crippen molar-refractivity contribution in [1.29, 1.82) is 0 Å². The minimum Gasteiger partial charge on any atom is -0.344 e. The number of nitrogens with zero attached hydrogens (tertiary/aromatic N) is 4. The largest absolute Gasteiger partial charge is 0.344 e. The van der Waals surface area contributed by atoms with Crippen LogP contribution in [0.2, 0.25) is 10.0 Å². The monoisotopic (exact) mass is 694 g/mol. The summed E-state index contributed by atoms with van der Waals surface area (Å²) in [7, 11) is 2.07. The van der Waals surface area contributed by atoms with Crippen LogP contribution >= 0.6 is 23.2 Å². The quantitative estimate of drug-likeness (QED) is 0.247. The van der Waals surface area contributed by atoms with Gasteiger partial charge in [0.1, 0.15) is 7.05 Å². The third-order valence-electron chi connectivity index (χ3n) is 10.6. The van der Waals surface area contributed by atoms with E-state index < -0.39 is 0 Å². The van der Waals surface area contributed by atoms with E-state index in [1.807, 2.05) is 12.1 Å². The van der Waals surface area contributed by atoms with E-state index in [1.165, 1.54) is 56.4 Å². The first-order valence-electron chi connectivity index (χ1n) is 17.7. The van der Waals surface area contributed by atoms with Gasteiger partial charge in [-0.1, -0.05) is 63.0 Å². The number of likely N-dealkylation sites (N-methyl/N-ethyl adjacent to an activating group) is 2. The second kappa shape index (κ2) is 12.9. The average molecular weight is 696 g/mol. The number of fused-ring (bicyclic) bond motifs is 2. The van der Waals surface area contributed by atoms with E-state index >= 15 is 0 Å². The second-order valence-electron chi connectivity index (χ2n) is 15.6. The van der Waals surface area contributed by atoms with Crippen LogP contribution in [0.3, 0.4) is 0 Å². The van der Waals surface area contributed by atoms with Crippen molar-refractivity contribution >= 4 is 46.0 Å². The molecule has 0 bridgehead atoms. The number of benzene rings is 2. The van der Waals surface area contributed by atoms with Crippen molar-refractivity contribution in [2.45, 2.75) is 91.5 Å². The maximum absolute atomic E-state index is 6.52. The molecular formula is C43H52Cl2N4+2. The summed E-state index contributed by atoms with van der Waals surface area (Å²) in [5, 5.41) is 1.57. The lowest BCUT2D eigenvalue weighted by molar-refractivity contribution is -0.672. The number of hydrogen-bond donors (Lipinski definition) is 0. The molecule has 2 aromatic carbocycles. The van der Waals surface area contributed by atoms with Crippen LogP contribution in [-0.2, 0) is 17.9 Å². The predicted octanol–water partition coefficient (Wildman–Crippen LogP) is 10.8. The normalized spacial score (nSPS) is 22.5. The zero-order valence-corrected chi connectivity index (χ0v) is 32.5. The molecule has 6 heteroatoms. The summed E-state index contributed by atoms with van der Waals surface area (Å²) < 4.78 is 4.65. The Hall–Kier alpha value is -3.60. The summed E-state index contributed by atoms with van der Waals surface area (Å²) >= 11 is 13.0. The van der Waals surface area contributed by atoms with Crippen LogP contribution < -0.4 is 14.4 Å². The molecule has 1 aromatic heterocycles. The Morgan fingerprint density at radius 3 is 1.53 bits per heavy atom. The van der Waals surface area contributed by atoms with Gasteiger partial charge in [0.25, 0.3) is 0 Å². The number of allylic oxidation sites excluding steroid dienone is 8. The maximum Gasteiger partial charge on any atom is 0.218 e. The number of anilines is 2. The fourth-order valence-electron chi connectivity index (χ4n) is 8.15. The van der Waals surface area contributed by atoms with Gasteiger partial charge < -0.3 is 9.80 Å². The predicted molar refractivity (Wildman–Crippen MR) is 209 cm³/mol. The van der Waals surface area contributed by atoms with Crippen LogP contribution in [0, 0.1) is 0 Å². The molecule has 4 nitrogen and oxygen atoms in total. The molecule has 0 amide bonds. The number of aromatic nitrogens is 1. The molecule has 3 aromatic rings. The summed E-state index contributed by atoms with van der Waals surface area (Å²) in [4.78, 5) is 4.89. The number of halogens is 2. The van der Waals surface area contributed by atoms with Gasteiger partial charge in [0, 0.05) is 88.7 Å². The highest BCUT2D eigenvalue weighted by atomic mass is 35.5. The zero-order valence-electron chi connectivity index (χ0n) is 31.0. The molecule has 0 atom stereocenters. The van der Waals surface area contributed by atoms with Crippen LogP contribution in [0.15, 0.2) is 108 Å². The van der Waals surface area contributed by atoms with Crippen LogP contribution in [0.1, 0.15) is 86.3 Å². The van der Waals surface area contributed by atoms with E-state index in [-0.39, 0.29) is 16.4 Å². The van der Waals surface area contributed by atoms with E-state index in [2.05, 4.69) is 161 Å². The molecule has 3 aliphatic rings. The van der Waals surface area contributed by atoms with E-state index in [0.29, 0.717) is 0 Å². The van der Waals surface area contributed by atoms with Crippen LogP contribution in [0.25, 0.3) is 0 Å². The summed E-state index contributed by atoms with van der Waals surface area (Å²) in [6.07, 6.45) is 15.8. The molecule has 3 heterocycles. The van der Waals surface area contributed by atoms with Crippen LogP contribution in [0.5, 0.6) is 0 Å². The van der Waals surface area contributed by atoms with Gasteiger partial charge in [-0.15, -0.1) is 0 Å². The number of rotatable bonds is 5. The second-order valence-corrected chi connectivity index (χ2v) is 16.5. The summed E-state index contributed by atoms with van der Waals surface area (Å²) in [5.41, 5.74) is 12.4. The first kappa shape index (κ1) is 35.2. The van der Waals surface area contributed by atoms with Gasteiger partial charge in [-0.3, -0.25) is 0 Å². The smallest absolute Gasteiger partial charge is 0.218 e. The molecule has 0 unspecified atom stereocenters. The lowest BCUT2D eigenvalue weighted by atomic mass is 9.83. The summed E-state index contributed by atoms with van der Waals surface area (Å²) in [6.45, 7) is 22.5. The van der Waals surface area contributed by atoms with Crippen molar-refractivity contribution in [3.63, 3.8) is 0 Å². The molecule has 0 N–H and O–H groups in total. The highest BCUT2D eigenvalue weighted by Crippen LogP contribution is 2.50. The van der Waals surface area contributed by atoms with E-state index in [0.717, 1.165) is 36.0 Å². The number of aryl methyl sites for hydroxylation is 1. The van der Waals surface area contributed by atoms with Gasteiger partial charge in [0.2, 0.25) is 11.4 Å². The van der Waals surface area contributed by atoms with Gasteiger partial charge in [-0.2, -0.15) is 4.58 Å². The van der Waals surface area contributed by atoms with Crippen molar-refractivity contribution < 1.29 is 9.14 Å². The topological polar surface area (TPSA) is 13.4 Å². The van der Waals surface area contributed by atoms with Gasteiger partial charge >= 0.3 is 0 Å². The third kappa shape index (κ3) is 6.21. The molecule has 0 spiro atoms. The molecule has 0 saturated heterocycles. The fraction of sp³-hybridized carbons (Fsp3) is 0.395. The molecule has 1 aliphatic carbocycles. The zero-order chi connectivity index (χ0) is 35.5. The van der Waals surface area contributed by atoms with E-state index in [4.69, 9.17) is 23.2 Å². The van der Waals surface area contributed by atoms with Crippen molar-refractivity contribution in [2.75, 3.05) is 22.9 Å². The summed E-state index contributed by atoms with van der Waals surface area (Å²) in [5.74, 6) is 0. The van der Waals surface area contributed by atoms with Gasteiger partial charge in [0.15, 0.2) is 17.9 Å². The van der Waals surface area contributed by atoms with Crippen molar-refractivity contribution in [3.8, 4) is 0 Å². The molecule has 2 aliphatic heterocycles. The van der Waals surface area contributed by atoms with E-state index in [9.17, 15) is 0 Å². The van der Waals surface area contributed by atoms with Crippen molar-refractivity contribution in [2.24, 2.45) is 7.05 Å². The lowest BCUT2D eigenvalue weighted by Gasteiger charge is -2.26. The molecule has 49 heavy (non-hydrogen) atoms. The molecule has 6 rings (SSSR count). The third-order valence-corrected chi connectivity index (χ3v) is 11.1. The molecule has 1 saturated carbocycles. The fourth-order valence-corrected chi connectivity index (χ4v) is 8.50. The van der Waals surface area contributed by atoms with Crippen molar-refractivity contribution in [3.05, 3.63) is 129 Å². The Balaban J connectivity index is 1.54. The van der Waals surface area contributed by atoms with Crippen LogP contribution in [-0.4, -0.2) is 28.9 Å². The van der Waals surface area contributed by atoms with Gasteiger partial charge in [-0.25, -0.2) is 4.57 Å². The molecular weight excluding hydrogens is 643 g/mol. The maximum atomic E-state index is 6.52. The molecule has 0 radical (unpaired) electrons. The minimum atomic E-state index is -0.164. The first-order chi connectivity index (χ1) is 23.1. The molecule has 1 fully saturated rings. The summed E-state index contributed by atoms with van der Waals surface area (Å²) in [6, 6.07) is 17.1. The Kier molecular flexibility index (Phi) is 9.30. The minimum absolute atomic E-state index is 0.164. The van der Waals surface area contributed by atoms with Crippen molar-refractivity contribution in [1.82, 2.24) is 0 Å². The Morgan fingerprint density at radius 1 is 0.714 bits per heavy atom. The van der Waals surface area contributed by atoms with E-state index in [1.54, 1.807) is 0 Å².